The number of benzene rings is 2. The monoisotopic (exact) mass is 310 g/mol. The van der Waals surface area contributed by atoms with E-state index in [1.807, 2.05) is 42.5 Å². The lowest BCUT2D eigenvalue weighted by atomic mass is 10.1. The van der Waals surface area contributed by atoms with Crippen molar-refractivity contribution in [1.82, 2.24) is 4.57 Å². The molecule has 0 fully saturated rings. The van der Waals surface area contributed by atoms with Gasteiger partial charge >= 0.3 is 0 Å². The van der Waals surface area contributed by atoms with Gasteiger partial charge in [0.1, 0.15) is 0 Å². The quantitative estimate of drug-likeness (QED) is 0.722. The van der Waals surface area contributed by atoms with Gasteiger partial charge in [-0.3, -0.25) is 4.79 Å². The van der Waals surface area contributed by atoms with Crippen LogP contribution in [-0.2, 0) is 17.8 Å². The van der Waals surface area contributed by atoms with E-state index in [0.717, 1.165) is 23.3 Å². The van der Waals surface area contributed by atoms with Gasteiger partial charge in [-0.2, -0.15) is 4.99 Å². The Hall–Kier alpha value is -2.20. The molecule has 0 spiro atoms. The molecular formula is C18H18N2OS. The van der Waals surface area contributed by atoms with E-state index in [2.05, 4.69) is 28.6 Å². The maximum Gasteiger partial charge on any atom is 0.248 e. The number of thiazole rings is 1. The number of aryl methyl sites for hydroxylation is 2. The topological polar surface area (TPSA) is 34.4 Å². The van der Waals surface area contributed by atoms with Gasteiger partial charge in [-0.05, 0) is 31.0 Å². The summed E-state index contributed by atoms with van der Waals surface area (Å²) >= 11 is 1.57. The first kappa shape index (κ1) is 14.7. The SMILES string of the molecule is CCn1c(=NC(=O)CCc2ccccc2)sc2ccccc21. The molecule has 0 saturated heterocycles. The van der Waals surface area contributed by atoms with Crippen LogP contribution in [0.15, 0.2) is 59.6 Å². The molecule has 0 atom stereocenters. The summed E-state index contributed by atoms with van der Waals surface area (Å²) < 4.78 is 3.26. The Morgan fingerprint density at radius 2 is 1.82 bits per heavy atom. The third-order valence-electron chi connectivity index (χ3n) is 3.60. The zero-order chi connectivity index (χ0) is 15.4. The summed E-state index contributed by atoms with van der Waals surface area (Å²) in [4.78, 5) is 17.3. The van der Waals surface area contributed by atoms with Crippen LogP contribution in [0, 0.1) is 0 Å². The molecule has 0 bridgehead atoms. The number of amides is 1. The molecule has 0 saturated carbocycles. The van der Waals surface area contributed by atoms with Crippen LogP contribution in [0.25, 0.3) is 10.2 Å². The Kier molecular flexibility index (Phi) is 4.49. The normalized spacial score (nSPS) is 12.0. The number of carbonyl (C=O) groups is 1. The molecule has 112 valence electrons. The molecule has 22 heavy (non-hydrogen) atoms. The van der Waals surface area contributed by atoms with E-state index in [1.165, 1.54) is 10.3 Å². The highest BCUT2D eigenvalue weighted by Crippen LogP contribution is 2.16. The number of para-hydroxylation sites is 1. The van der Waals surface area contributed by atoms with Gasteiger partial charge in [0.2, 0.25) is 5.91 Å². The summed E-state index contributed by atoms with van der Waals surface area (Å²) in [5.41, 5.74) is 2.32. The minimum Gasteiger partial charge on any atom is -0.317 e. The minimum atomic E-state index is -0.0578. The van der Waals surface area contributed by atoms with E-state index < -0.39 is 0 Å². The molecule has 3 rings (SSSR count). The van der Waals surface area contributed by atoms with Gasteiger partial charge in [-0.1, -0.05) is 53.8 Å². The van der Waals surface area contributed by atoms with E-state index in [4.69, 9.17) is 0 Å². The molecule has 3 aromatic rings. The van der Waals surface area contributed by atoms with Gasteiger partial charge in [0.25, 0.3) is 0 Å². The van der Waals surface area contributed by atoms with Gasteiger partial charge in [-0.15, -0.1) is 0 Å². The molecule has 0 aliphatic carbocycles. The summed E-state index contributed by atoms with van der Waals surface area (Å²) in [5.74, 6) is -0.0578. The van der Waals surface area contributed by atoms with E-state index in [-0.39, 0.29) is 5.91 Å². The summed E-state index contributed by atoms with van der Waals surface area (Å²) in [6.07, 6.45) is 1.18. The average molecular weight is 310 g/mol. The fraction of sp³-hybridized carbons (Fsp3) is 0.222. The molecular weight excluding hydrogens is 292 g/mol. The van der Waals surface area contributed by atoms with Crippen molar-refractivity contribution >= 4 is 27.5 Å². The van der Waals surface area contributed by atoms with Crippen molar-refractivity contribution in [3.63, 3.8) is 0 Å². The molecule has 0 radical (unpaired) electrons. The lowest BCUT2D eigenvalue weighted by Crippen LogP contribution is -2.15. The van der Waals surface area contributed by atoms with Gasteiger partial charge < -0.3 is 4.57 Å². The summed E-state index contributed by atoms with van der Waals surface area (Å²) in [5, 5.41) is 0. The standard InChI is InChI=1S/C18H18N2OS/c1-2-20-15-10-6-7-11-16(15)22-18(20)19-17(21)13-12-14-8-4-3-5-9-14/h3-11H,2,12-13H2,1H3. The van der Waals surface area contributed by atoms with Crippen molar-refractivity contribution in [2.24, 2.45) is 4.99 Å². The second-order valence-corrected chi connectivity index (χ2v) is 6.10. The largest absolute Gasteiger partial charge is 0.317 e. The molecule has 4 heteroatoms. The molecule has 0 unspecified atom stereocenters. The van der Waals surface area contributed by atoms with E-state index in [0.29, 0.717) is 6.42 Å². The van der Waals surface area contributed by atoms with Crippen LogP contribution in [0.2, 0.25) is 0 Å². The molecule has 2 aromatic carbocycles. The summed E-state index contributed by atoms with van der Waals surface area (Å²) in [7, 11) is 0. The number of carbonyl (C=O) groups excluding carboxylic acids is 1. The van der Waals surface area contributed by atoms with Crippen molar-refractivity contribution < 1.29 is 4.79 Å². The predicted molar refractivity (Wildman–Crippen MR) is 90.8 cm³/mol. The summed E-state index contributed by atoms with van der Waals surface area (Å²) in [6, 6.07) is 18.2. The Balaban J connectivity index is 1.83. The van der Waals surface area contributed by atoms with Crippen LogP contribution in [0.4, 0.5) is 0 Å². The van der Waals surface area contributed by atoms with Crippen LogP contribution in [0.5, 0.6) is 0 Å². The highest BCUT2D eigenvalue weighted by Gasteiger charge is 2.06. The van der Waals surface area contributed by atoms with Crippen LogP contribution >= 0.6 is 11.3 Å². The highest BCUT2D eigenvalue weighted by molar-refractivity contribution is 7.16. The number of hydrogen-bond donors (Lipinski definition) is 0. The lowest BCUT2D eigenvalue weighted by molar-refractivity contribution is -0.118. The molecule has 0 aliphatic rings. The van der Waals surface area contributed by atoms with Gasteiger partial charge in [0, 0.05) is 13.0 Å². The predicted octanol–water partition coefficient (Wildman–Crippen LogP) is 3.78. The molecule has 3 nitrogen and oxygen atoms in total. The minimum absolute atomic E-state index is 0.0578. The van der Waals surface area contributed by atoms with Crippen molar-refractivity contribution in [3.8, 4) is 0 Å². The number of hydrogen-bond acceptors (Lipinski definition) is 2. The lowest BCUT2D eigenvalue weighted by Gasteiger charge is -2.00. The molecule has 0 N–H and O–H groups in total. The molecule has 1 heterocycles. The summed E-state index contributed by atoms with van der Waals surface area (Å²) in [6.45, 7) is 2.89. The van der Waals surface area contributed by atoms with Crippen molar-refractivity contribution in [3.05, 3.63) is 65.0 Å². The van der Waals surface area contributed by atoms with Crippen LogP contribution in [0.3, 0.4) is 0 Å². The zero-order valence-corrected chi connectivity index (χ0v) is 13.3. The van der Waals surface area contributed by atoms with Crippen LogP contribution < -0.4 is 4.80 Å². The number of fused-ring (bicyclic) bond motifs is 1. The number of aromatic nitrogens is 1. The fourth-order valence-electron chi connectivity index (χ4n) is 2.47. The smallest absolute Gasteiger partial charge is 0.248 e. The van der Waals surface area contributed by atoms with E-state index >= 15 is 0 Å². The second kappa shape index (κ2) is 6.71. The van der Waals surface area contributed by atoms with Crippen molar-refractivity contribution in [1.29, 1.82) is 0 Å². The third-order valence-corrected chi connectivity index (χ3v) is 4.65. The molecule has 1 amide bonds. The van der Waals surface area contributed by atoms with Gasteiger partial charge in [-0.25, -0.2) is 0 Å². The maximum absolute atomic E-state index is 12.2. The van der Waals surface area contributed by atoms with Gasteiger partial charge in [0.05, 0.1) is 10.2 Å². The van der Waals surface area contributed by atoms with Crippen molar-refractivity contribution in [2.45, 2.75) is 26.3 Å². The van der Waals surface area contributed by atoms with E-state index in [9.17, 15) is 4.79 Å². The first-order chi connectivity index (χ1) is 10.8. The van der Waals surface area contributed by atoms with Crippen molar-refractivity contribution in [2.75, 3.05) is 0 Å². The number of nitrogens with zero attached hydrogens (tertiary/aromatic N) is 2. The molecule has 0 aliphatic heterocycles. The highest BCUT2D eigenvalue weighted by atomic mass is 32.1. The number of rotatable bonds is 4. The Morgan fingerprint density at radius 1 is 1.09 bits per heavy atom. The molecule has 1 aromatic heterocycles. The second-order valence-electron chi connectivity index (χ2n) is 5.09. The average Bonchev–Trinajstić information content (AvgIpc) is 2.91. The Morgan fingerprint density at radius 3 is 2.59 bits per heavy atom. The van der Waals surface area contributed by atoms with Crippen LogP contribution in [0.1, 0.15) is 18.9 Å². The van der Waals surface area contributed by atoms with Crippen LogP contribution in [-0.4, -0.2) is 10.5 Å². The Labute approximate surface area is 133 Å². The van der Waals surface area contributed by atoms with E-state index in [1.54, 1.807) is 11.3 Å². The zero-order valence-electron chi connectivity index (χ0n) is 12.5. The van der Waals surface area contributed by atoms with Gasteiger partial charge in [0.15, 0.2) is 4.80 Å². The third kappa shape index (κ3) is 3.17. The Bertz CT molecular complexity index is 846. The maximum atomic E-state index is 12.2. The first-order valence-electron chi connectivity index (χ1n) is 7.48. The first-order valence-corrected chi connectivity index (χ1v) is 8.29. The fourth-order valence-corrected chi connectivity index (χ4v) is 3.58.